The number of hydrogen-bond donors (Lipinski definition) is 2. The molecule has 0 radical (unpaired) electrons. The van der Waals surface area contributed by atoms with Crippen LogP contribution in [0.15, 0.2) is 58.8 Å². The molecule has 0 unspecified atom stereocenters. The number of aromatic nitrogens is 1. The van der Waals surface area contributed by atoms with Crippen LogP contribution >= 0.6 is 0 Å². The van der Waals surface area contributed by atoms with Crippen LogP contribution in [0.5, 0.6) is 5.75 Å². The van der Waals surface area contributed by atoms with Gasteiger partial charge in [-0.05, 0) is 49.3 Å². The summed E-state index contributed by atoms with van der Waals surface area (Å²) in [7, 11) is 1.37. The molecule has 2 heterocycles. The lowest BCUT2D eigenvalue weighted by Crippen LogP contribution is -2.34. The average molecular weight is 552 g/mol. The predicted octanol–water partition coefficient (Wildman–Crippen LogP) is 4.76. The first-order valence-corrected chi connectivity index (χ1v) is 13.4. The van der Waals surface area contributed by atoms with Gasteiger partial charge in [0.2, 0.25) is 11.3 Å². The van der Waals surface area contributed by atoms with E-state index in [-0.39, 0.29) is 48.3 Å². The number of aromatic carboxylic acids is 1. The van der Waals surface area contributed by atoms with E-state index in [1.54, 1.807) is 9.47 Å². The topological polar surface area (TPSA) is 101 Å². The van der Waals surface area contributed by atoms with Crippen LogP contribution in [0.4, 0.5) is 14.5 Å². The Bertz CT molecular complexity index is 1550. The molecular weight excluding hydrogens is 520 g/mol. The lowest BCUT2D eigenvalue weighted by molar-refractivity contribution is -0.120. The molecule has 210 valence electrons. The van der Waals surface area contributed by atoms with Crippen molar-refractivity contribution in [2.75, 3.05) is 31.6 Å². The lowest BCUT2D eigenvalue weighted by Gasteiger charge is -2.33. The maximum Gasteiger partial charge on any atom is 0.341 e. The van der Waals surface area contributed by atoms with Crippen LogP contribution in [0.2, 0.25) is 0 Å². The number of fused-ring (bicyclic) bond motifs is 1. The summed E-state index contributed by atoms with van der Waals surface area (Å²) in [5.74, 6) is -2.72. The molecule has 3 aromatic rings. The predicted molar refractivity (Wildman–Crippen MR) is 147 cm³/mol. The van der Waals surface area contributed by atoms with Gasteiger partial charge in [-0.1, -0.05) is 30.3 Å². The number of carbonyl (C=O) groups is 2. The summed E-state index contributed by atoms with van der Waals surface area (Å²) in [6, 6.07) is 10.6. The molecule has 8 nitrogen and oxygen atoms in total. The summed E-state index contributed by atoms with van der Waals surface area (Å²) >= 11 is 0. The van der Waals surface area contributed by atoms with Crippen molar-refractivity contribution < 1.29 is 28.2 Å². The molecule has 5 rings (SSSR count). The molecule has 2 fully saturated rings. The first-order chi connectivity index (χ1) is 19.3. The largest absolute Gasteiger partial charge is 0.492 e. The number of rotatable bonds is 9. The van der Waals surface area contributed by atoms with E-state index in [1.165, 1.54) is 13.3 Å². The average Bonchev–Trinajstić information content (AvgIpc) is 3.80. The number of anilines is 1. The number of hydrogen-bond acceptors (Lipinski definition) is 5. The SMILES string of the molecule is COc1c(N2CCC/C(=C(\F)CNC(=O)CCc3ccccc3)C2)c(F)cc2c(=O)c(C(=O)O)cn(C3CC3)c12. The van der Waals surface area contributed by atoms with Crippen molar-refractivity contribution in [3.8, 4) is 5.75 Å². The summed E-state index contributed by atoms with van der Waals surface area (Å²) in [6.45, 7) is 0.276. The molecule has 0 atom stereocenters. The molecule has 2 N–H and O–H groups in total. The number of methoxy groups -OCH3 is 1. The van der Waals surface area contributed by atoms with Gasteiger partial charge in [0.25, 0.3) is 0 Å². The summed E-state index contributed by atoms with van der Waals surface area (Å²) in [5, 5.41) is 12.1. The molecule has 1 aromatic heterocycles. The van der Waals surface area contributed by atoms with Crippen LogP contribution in [0.25, 0.3) is 10.9 Å². The minimum Gasteiger partial charge on any atom is -0.492 e. The van der Waals surface area contributed by atoms with E-state index in [9.17, 15) is 19.5 Å². The van der Waals surface area contributed by atoms with Crippen molar-refractivity contribution in [1.29, 1.82) is 0 Å². The molecule has 0 spiro atoms. The van der Waals surface area contributed by atoms with Crippen LogP contribution < -0.4 is 20.4 Å². The summed E-state index contributed by atoms with van der Waals surface area (Å²) in [5.41, 5.74) is 0.706. The van der Waals surface area contributed by atoms with Gasteiger partial charge in [-0.25, -0.2) is 13.6 Å². The first-order valence-electron chi connectivity index (χ1n) is 13.4. The number of halogens is 2. The molecule has 1 saturated carbocycles. The number of ether oxygens (including phenoxy) is 1. The third-order valence-electron chi connectivity index (χ3n) is 7.49. The Morgan fingerprint density at radius 2 is 1.95 bits per heavy atom. The van der Waals surface area contributed by atoms with Crippen LogP contribution in [0, 0.1) is 5.82 Å². The molecule has 1 amide bonds. The van der Waals surface area contributed by atoms with Gasteiger partial charge < -0.3 is 24.6 Å². The second-order valence-electron chi connectivity index (χ2n) is 10.2. The molecule has 1 saturated heterocycles. The zero-order valence-electron chi connectivity index (χ0n) is 22.2. The van der Waals surface area contributed by atoms with E-state index in [4.69, 9.17) is 4.74 Å². The summed E-state index contributed by atoms with van der Waals surface area (Å²) in [6.07, 6.45) is 4.71. The monoisotopic (exact) mass is 551 g/mol. The zero-order chi connectivity index (χ0) is 28.4. The third kappa shape index (κ3) is 5.57. The van der Waals surface area contributed by atoms with E-state index < -0.39 is 28.6 Å². The fraction of sp³-hybridized carbons (Fsp3) is 0.367. The Labute approximate surface area is 229 Å². The van der Waals surface area contributed by atoms with E-state index in [2.05, 4.69) is 5.32 Å². The Kier molecular flexibility index (Phi) is 7.86. The van der Waals surface area contributed by atoms with Crippen LogP contribution in [-0.4, -0.2) is 48.3 Å². The van der Waals surface area contributed by atoms with Gasteiger partial charge in [0.05, 0.1) is 24.6 Å². The highest BCUT2D eigenvalue weighted by atomic mass is 19.1. The normalized spacial score (nSPS) is 16.6. The fourth-order valence-electron chi connectivity index (χ4n) is 5.30. The minimum absolute atomic E-state index is 0.0202. The van der Waals surface area contributed by atoms with E-state index in [0.717, 1.165) is 24.5 Å². The van der Waals surface area contributed by atoms with Gasteiger partial charge in [-0.2, -0.15) is 0 Å². The first kappa shape index (κ1) is 27.4. The summed E-state index contributed by atoms with van der Waals surface area (Å²) in [4.78, 5) is 38.6. The molecule has 10 heteroatoms. The number of nitrogens with one attached hydrogen (secondary N) is 1. The van der Waals surface area contributed by atoms with Crippen molar-refractivity contribution in [2.45, 2.75) is 44.6 Å². The number of nitrogens with zero attached hydrogens (tertiary/aromatic N) is 2. The molecular formula is C30H31F2N3O5. The number of aryl methyl sites for hydroxylation is 1. The fourth-order valence-corrected chi connectivity index (χ4v) is 5.30. The molecule has 1 aliphatic heterocycles. The van der Waals surface area contributed by atoms with Crippen molar-refractivity contribution in [2.24, 2.45) is 0 Å². The van der Waals surface area contributed by atoms with Gasteiger partial charge in [-0.15, -0.1) is 0 Å². The van der Waals surface area contributed by atoms with E-state index in [1.807, 2.05) is 30.3 Å². The number of piperidine rings is 1. The third-order valence-corrected chi connectivity index (χ3v) is 7.49. The number of carbonyl (C=O) groups excluding carboxylic acids is 1. The van der Waals surface area contributed by atoms with Crippen molar-refractivity contribution >= 4 is 28.5 Å². The van der Waals surface area contributed by atoms with Gasteiger partial charge in [0.15, 0.2) is 11.6 Å². The maximum absolute atomic E-state index is 15.6. The minimum atomic E-state index is -1.38. The standard InChI is InChI=1S/C30H31F2N3O5/c1-40-29-26-21(28(37)22(30(38)39)17-35(26)20-10-11-20)14-23(31)27(29)34-13-5-8-19(16-34)24(32)15-33-25(36)12-9-18-6-3-2-4-7-18/h2-4,6-7,14,17,20H,5,8-13,15-16H2,1H3,(H,33,36)(H,38,39)/b24-19+. The number of pyridine rings is 1. The molecule has 2 aliphatic rings. The highest BCUT2D eigenvalue weighted by molar-refractivity contribution is 5.97. The number of carboxylic acids is 1. The highest BCUT2D eigenvalue weighted by Crippen LogP contribution is 2.44. The van der Waals surface area contributed by atoms with Crippen molar-refractivity contribution in [1.82, 2.24) is 9.88 Å². The number of carboxylic acid groups (broad SMARTS) is 1. The van der Waals surface area contributed by atoms with Crippen LogP contribution in [-0.2, 0) is 11.2 Å². The summed E-state index contributed by atoms with van der Waals surface area (Å²) < 4.78 is 38.2. The quantitative estimate of drug-likeness (QED) is 0.398. The van der Waals surface area contributed by atoms with Crippen LogP contribution in [0.1, 0.15) is 54.1 Å². The van der Waals surface area contributed by atoms with E-state index >= 15 is 8.78 Å². The molecule has 0 bridgehead atoms. The van der Waals surface area contributed by atoms with Gasteiger partial charge in [0, 0.05) is 31.7 Å². The van der Waals surface area contributed by atoms with E-state index in [0.29, 0.717) is 36.9 Å². The number of amides is 1. The van der Waals surface area contributed by atoms with Crippen molar-refractivity contribution in [3.05, 3.63) is 81.2 Å². The second kappa shape index (κ2) is 11.5. The van der Waals surface area contributed by atoms with Gasteiger partial charge in [-0.3, -0.25) is 9.59 Å². The van der Waals surface area contributed by atoms with Crippen molar-refractivity contribution in [3.63, 3.8) is 0 Å². The smallest absolute Gasteiger partial charge is 0.341 e. The Balaban J connectivity index is 1.40. The molecule has 1 aliphatic carbocycles. The molecule has 40 heavy (non-hydrogen) atoms. The maximum atomic E-state index is 15.6. The van der Waals surface area contributed by atoms with Gasteiger partial charge in [0.1, 0.15) is 17.1 Å². The Hall–Kier alpha value is -4.21. The number of benzene rings is 2. The Morgan fingerprint density at radius 3 is 2.62 bits per heavy atom. The Morgan fingerprint density at radius 1 is 1.20 bits per heavy atom. The highest BCUT2D eigenvalue weighted by Gasteiger charge is 2.32. The van der Waals surface area contributed by atoms with Crippen LogP contribution in [0.3, 0.4) is 0 Å². The lowest BCUT2D eigenvalue weighted by atomic mass is 10.0. The van der Waals surface area contributed by atoms with Gasteiger partial charge >= 0.3 is 5.97 Å². The molecule has 2 aromatic carbocycles. The zero-order valence-corrected chi connectivity index (χ0v) is 22.2. The second-order valence-corrected chi connectivity index (χ2v) is 10.2.